The minimum atomic E-state index is -3.83. The van der Waals surface area contributed by atoms with E-state index in [0.717, 1.165) is 10.4 Å². The van der Waals surface area contributed by atoms with Crippen LogP contribution in [0.3, 0.4) is 0 Å². The Morgan fingerprint density at radius 3 is 2.52 bits per heavy atom. The highest BCUT2D eigenvalue weighted by atomic mass is 35.5. The number of nitrogens with zero attached hydrogens (tertiary/aromatic N) is 1. The number of rotatable bonds is 4. The number of carbonyl (C=O) groups is 1. The molecule has 1 aromatic carbocycles. The predicted octanol–water partition coefficient (Wildman–Crippen LogP) is 1.93. The minimum absolute atomic E-state index is 0.0669. The van der Waals surface area contributed by atoms with Gasteiger partial charge in [0.2, 0.25) is 0 Å². The van der Waals surface area contributed by atoms with Gasteiger partial charge in [-0.15, -0.1) is 0 Å². The topological polar surface area (TPSA) is 86.7 Å². The van der Waals surface area contributed by atoms with Crippen LogP contribution >= 0.6 is 11.6 Å². The van der Waals surface area contributed by atoms with Gasteiger partial charge in [-0.1, -0.05) is 11.6 Å². The van der Waals surface area contributed by atoms with Crippen molar-refractivity contribution >= 4 is 33.5 Å². The van der Waals surface area contributed by atoms with Crippen LogP contribution in [-0.2, 0) is 15.0 Å². The second kappa shape index (κ2) is 6.17. The summed E-state index contributed by atoms with van der Waals surface area (Å²) < 4.78 is 41.0. The van der Waals surface area contributed by atoms with Gasteiger partial charge in [-0.05, 0) is 31.0 Å². The summed E-state index contributed by atoms with van der Waals surface area (Å²) in [4.78, 5) is 10.8. The molecule has 1 saturated heterocycles. The Morgan fingerprint density at radius 1 is 1.38 bits per heavy atom. The Morgan fingerprint density at radius 2 is 2.00 bits per heavy atom. The molecular formula is C12H14ClFN2O4S. The highest BCUT2D eigenvalue weighted by molar-refractivity contribution is 7.90. The van der Waals surface area contributed by atoms with Gasteiger partial charge < -0.3 is 5.11 Å². The molecule has 6 nitrogen and oxygen atoms in total. The molecule has 0 radical (unpaired) electrons. The molecule has 0 atom stereocenters. The van der Waals surface area contributed by atoms with Gasteiger partial charge in [-0.25, -0.2) is 4.39 Å². The Bertz CT molecular complexity index is 645. The Labute approximate surface area is 126 Å². The number of anilines is 1. The van der Waals surface area contributed by atoms with Gasteiger partial charge in [0.05, 0.1) is 16.6 Å². The summed E-state index contributed by atoms with van der Waals surface area (Å²) in [5, 5.41) is 8.78. The first-order valence-electron chi connectivity index (χ1n) is 6.25. The highest BCUT2D eigenvalue weighted by Gasteiger charge is 2.31. The summed E-state index contributed by atoms with van der Waals surface area (Å²) in [6, 6.07) is 3.60. The van der Waals surface area contributed by atoms with Gasteiger partial charge in [0.1, 0.15) is 5.82 Å². The lowest BCUT2D eigenvalue weighted by atomic mass is 9.99. The fourth-order valence-corrected chi connectivity index (χ4v) is 3.48. The summed E-state index contributed by atoms with van der Waals surface area (Å²) in [5.74, 6) is -2.16. The maximum Gasteiger partial charge on any atom is 0.306 e. The molecule has 0 amide bonds. The fraction of sp³-hybridized carbons (Fsp3) is 0.417. The Balaban J connectivity index is 2.05. The number of aliphatic carboxylic acids is 1. The number of hydrogen-bond acceptors (Lipinski definition) is 3. The SMILES string of the molecule is O=C(O)C1CCN(S(=O)(=O)Nc2ccc(Cl)c(F)c2)CC1. The van der Waals surface area contributed by atoms with E-state index in [4.69, 9.17) is 16.7 Å². The zero-order valence-corrected chi connectivity index (χ0v) is 12.5. The van der Waals surface area contributed by atoms with E-state index in [1.807, 2.05) is 0 Å². The normalized spacial score (nSPS) is 17.6. The molecule has 1 aliphatic heterocycles. The van der Waals surface area contributed by atoms with Crippen LogP contribution in [0.15, 0.2) is 18.2 Å². The molecule has 2 rings (SSSR count). The van der Waals surface area contributed by atoms with Crippen LogP contribution in [0.4, 0.5) is 10.1 Å². The zero-order valence-electron chi connectivity index (χ0n) is 10.9. The van der Waals surface area contributed by atoms with Crippen LogP contribution < -0.4 is 4.72 Å². The van der Waals surface area contributed by atoms with Crippen molar-refractivity contribution in [2.75, 3.05) is 17.8 Å². The van der Waals surface area contributed by atoms with Gasteiger partial charge in [0, 0.05) is 13.1 Å². The minimum Gasteiger partial charge on any atom is -0.481 e. The molecule has 116 valence electrons. The predicted molar refractivity (Wildman–Crippen MR) is 75.9 cm³/mol. The largest absolute Gasteiger partial charge is 0.481 e. The summed E-state index contributed by atoms with van der Waals surface area (Å²) in [5.41, 5.74) is 0.0669. The smallest absolute Gasteiger partial charge is 0.306 e. The molecule has 1 heterocycles. The molecule has 1 aliphatic rings. The molecule has 0 aromatic heterocycles. The summed E-state index contributed by atoms with van der Waals surface area (Å²) >= 11 is 5.53. The van der Waals surface area contributed by atoms with Gasteiger partial charge in [0.25, 0.3) is 0 Å². The van der Waals surface area contributed by atoms with E-state index < -0.39 is 27.9 Å². The van der Waals surface area contributed by atoms with E-state index in [2.05, 4.69) is 4.72 Å². The molecule has 0 bridgehead atoms. The van der Waals surface area contributed by atoms with E-state index in [9.17, 15) is 17.6 Å². The first-order valence-corrected chi connectivity index (χ1v) is 8.07. The number of hydrogen-bond donors (Lipinski definition) is 2. The maximum absolute atomic E-state index is 13.3. The number of carboxylic acids is 1. The lowest BCUT2D eigenvalue weighted by Gasteiger charge is -2.29. The summed E-state index contributed by atoms with van der Waals surface area (Å²) in [6.07, 6.45) is 0.510. The molecule has 9 heteroatoms. The number of benzene rings is 1. The molecular weight excluding hydrogens is 323 g/mol. The number of nitrogens with one attached hydrogen (secondary N) is 1. The van der Waals surface area contributed by atoms with Crippen molar-refractivity contribution < 1.29 is 22.7 Å². The second-order valence-electron chi connectivity index (χ2n) is 4.75. The van der Waals surface area contributed by atoms with Gasteiger partial charge in [0.15, 0.2) is 0 Å². The van der Waals surface area contributed by atoms with Crippen LogP contribution in [0.25, 0.3) is 0 Å². The van der Waals surface area contributed by atoms with Crippen LogP contribution in [0, 0.1) is 11.7 Å². The average Bonchev–Trinajstić information content (AvgIpc) is 2.43. The van der Waals surface area contributed by atoms with Gasteiger partial charge in [-0.2, -0.15) is 12.7 Å². The molecule has 1 fully saturated rings. The van der Waals surface area contributed by atoms with Crippen LogP contribution in [-0.4, -0.2) is 36.9 Å². The van der Waals surface area contributed by atoms with Gasteiger partial charge >= 0.3 is 16.2 Å². The first kappa shape index (κ1) is 16.0. The molecule has 0 unspecified atom stereocenters. The molecule has 1 aromatic rings. The fourth-order valence-electron chi connectivity index (χ4n) is 2.12. The summed E-state index contributed by atoms with van der Waals surface area (Å²) in [6.45, 7) is 0.227. The van der Waals surface area contributed by atoms with Crippen molar-refractivity contribution in [2.45, 2.75) is 12.8 Å². The Hall–Kier alpha value is -1.38. The average molecular weight is 337 g/mol. The van der Waals surface area contributed by atoms with Crippen molar-refractivity contribution in [3.63, 3.8) is 0 Å². The number of carboxylic acid groups (broad SMARTS) is 1. The second-order valence-corrected chi connectivity index (χ2v) is 6.83. The van der Waals surface area contributed by atoms with Crippen LogP contribution in [0.5, 0.6) is 0 Å². The third-order valence-corrected chi connectivity index (χ3v) is 5.15. The number of halogens is 2. The van der Waals surface area contributed by atoms with E-state index >= 15 is 0 Å². The van der Waals surface area contributed by atoms with Crippen molar-refractivity contribution in [3.8, 4) is 0 Å². The van der Waals surface area contributed by atoms with Crippen molar-refractivity contribution in [1.82, 2.24) is 4.31 Å². The van der Waals surface area contributed by atoms with Crippen molar-refractivity contribution in [1.29, 1.82) is 0 Å². The highest BCUT2D eigenvalue weighted by Crippen LogP contribution is 2.23. The standard InChI is InChI=1S/C12H14ClFN2O4S/c13-10-2-1-9(7-11(10)14)15-21(19,20)16-5-3-8(4-6-16)12(17)18/h1-2,7-8,15H,3-6H2,(H,17,18). The van der Waals surface area contributed by atoms with Crippen LogP contribution in [0.1, 0.15) is 12.8 Å². The van der Waals surface area contributed by atoms with E-state index in [-0.39, 0.29) is 36.6 Å². The lowest BCUT2D eigenvalue weighted by Crippen LogP contribution is -2.42. The molecule has 2 N–H and O–H groups in total. The quantitative estimate of drug-likeness (QED) is 0.879. The molecule has 0 spiro atoms. The van der Waals surface area contributed by atoms with Crippen molar-refractivity contribution in [2.24, 2.45) is 5.92 Å². The third kappa shape index (κ3) is 3.84. The first-order chi connectivity index (χ1) is 9.79. The zero-order chi connectivity index (χ0) is 15.6. The van der Waals surface area contributed by atoms with E-state index in [1.165, 1.54) is 12.1 Å². The Kier molecular flexibility index (Phi) is 4.70. The van der Waals surface area contributed by atoms with Crippen molar-refractivity contribution in [3.05, 3.63) is 29.0 Å². The van der Waals surface area contributed by atoms with E-state index in [1.54, 1.807) is 0 Å². The monoisotopic (exact) mass is 336 g/mol. The van der Waals surface area contributed by atoms with Crippen LogP contribution in [0.2, 0.25) is 5.02 Å². The summed E-state index contributed by atoms with van der Waals surface area (Å²) in [7, 11) is -3.83. The number of piperidine rings is 1. The van der Waals surface area contributed by atoms with Gasteiger partial charge in [-0.3, -0.25) is 9.52 Å². The lowest BCUT2D eigenvalue weighted by molar-refractivity contribution is -0.142. The molecule has 0 aliphatic carbocycles. The molecule has 0 saturated carbocycles. The molecule has 21 heavy (non-hydrogen) atoms. The van der Waals surface area contributed by atoms with E-state index in [0.29, 0.717) is 0 Å². The maximum atomic E-state index is 13.3. The third-order valence-electron chi connectivity index (χ3n) is 3.31.